The molecule has 1 rings (SSSR count). The molecule has 1 aliphatic heterocycles. The number of hydrogen-bond donors (Lipinski definition) is 0. The van der Waals surface area contributed by atoms with E-state index in [4.69, 9.17) is 0 Å². The lowest BCUT2D eigenvalue weighted by atomic mass is 9.82. The van der Waals surface area contributed by atoms with E-state index in [0.29, 0.717) is 11.8 Å². The smallest absolute Gasteiger partial charge is 0.223 e. The highest BCUT2D eigenvalue weighted by Gasteiger charge is 2.31. The number of carbonyl (C=O) groups excluding carboxylic acids is 1. The molecule has 1 saturated heterocycles. The third-order valence-electron chi connectivity index (χ3n) is 2.63. The van der Waals surface area contributed by atoms with Crippen LogP contribution in [0.1, 0.15) is 40.5 Å². The fourth-order valence-electron chi connectivity index (χ4n) is 1.81. The standard InChI is InChI=1S/C11H21NO/c1-9(2)8-12-6-5-11(3,4)7-10(12)13/h9H,5-8H2,1-4H3. The third-order valence-corrected chi connectivity index (χ3v) is 2.63. The van der Waals surface area contributed by atoms with Gasteiger partial charge >= 0.3 is 0 Å². The minimum absolute atomic E-state index is 0.227. The summed E-state index contributed by atoms with van der Waals surface area (Å²) in [6.07, 6.45) is 1.87. The molecule has 0 aromatic carbocycles. The van der Waals surface area contributed by atoms with Crippen LogP contribution in [0.3, 0.4) is 0 Å². The zero-order chi connectivity index (χ0) is 10.1. The number of amides is 1. The van der Waals surface area contributed by atoms with E-state index in [1.54, 1.807) is 0 Å². The van der Waals surface area contributed by atoms with Crippen LogP contribution in [0.5, 0.6) is 0 Å². The molecule has 2 nitrogen and oxygen atoms in total. The van der Waals surface area contributed by atoms with Crippen molar-refractivity contribution in [3.63, 3.8) is 0 Å². The summed E-state index contributed by atoms with van der Waals surface area (Å²) in [5.74, 6) is 0.926. The Hall–Kier alpha value is -0.530. The minimum Gasteiger partial charge on any atom is -0.342 e. The zero-order valence-electron chi connectivity index (χ0n) is 9.26. The monoisotopic (exact) mass is 183 g/mol. The molecule has 0 N–H and O–H groups in total. The Kier molecular flexibility index (Phi) is 2.99. The van der Waals surface area contributed by atoms with E-state index in [-0.39, 0.29) is 5.41 Å². The van der Waals surface area contributed by atoms with Crippen molar-refractivity contribution < 1.29 is 4.79 Å². The molecule has 2 heteroatoms. The largest absolute Gasteiger partial charge is 0.342 e. The highest BCUT2D eigenvalue weighted by atomic mass is 16.2. The van der Waals surface area contributed by atoms with Crippen molar-refractivity contribution in [1.82, 2.24) is 4.90 Å². The van der Waals surface area contributed by atoms with Crippen LogP contribution < -0.4 is 0 Å². The van der Waals surface area contributed by atoms with Gasteiger partial charge in [0, 0.05) is 19.5 Å². The van der Waals surface area contributed by atoms with Crippen LogP contribution in [0.25, 0.3) is 0 Å². The van der Waals surface area contributed by atoms with Crippen LogP contribution in [0.2, 0.25) is 0 Å². The van der Waals surface area contributed by atoms with E-state index in [1.165, 1.54) is 0 Å². The number of likely N-dealkylation sites (tertiary alicyclic amines) is 1. The quantitative estimate of drug-likeness (QED) is 0.643. The van der Waals surface area contributed by atoms with Crippen LogP contribution in [-0.4, -0.2) is 23.9 Å². The number of nitrogens with zero attached hydrogens (tertiary/aromatic N) is 1. The van der Waals surface area contributed by atoms with Gasteiger partial charge in [-0.15, -0.1) is 0 Å². The second kappa shape index (κ2) is 3.69. The first-order valence-electron chi connectivity index (χ1n) is 5.18. The van der Waals surface area contributed by atoms with E-state index in [1.807, 2.05) is 4.90 Å². The molecule has 0 atom stereocenters. The lowest BCUT2D eigenvalue weighted by molar-refractivity contribution is -0.137. The molecule has 0 aromatic rings. The van der Waals surface area contributed by atoms with Gasteiger partial charge in [0.05, 0.1) is 0 Å². The molecule has 0 aliphatic carbocycles. The summed E-state index contributed by atoms with van der Waals surface area (Å²) in [4.78, 5) is 13.7. The van der Waals surface area contributed by atoms with Crippen molar-refractivity contribution in [2.75, 3.05) is 13.1 Å². The van der Waals surface area contributed by atoms with Crippen LogP contribution in [0.15, 0.2) is 0 Å². The molecule has 0 unspecified atom stereocenters. The molecule has 1 fully saturated rings. The maximum Gasteiger partial charge on any atom is 0.223 e. The van der Waals surface area contributed by atoms with Crippen molar-refractivity contribution in [2.24, 2.45) is 11.3 Å². The Labute approximate surface area is 81.3 Å². The van der Waals surface area contributed by atoms with Crippen LogP contribution >= 0.6 is 0 Å². The molecular formula is C11H21NO. The summed E-state index contributed by atoms with van der Waals surface area (Å²) in [7, 11) is 0. The van der Waals surface area contributed by atoms with E-state index >= 15 is 0 Å². The lowest BCUT2D eigenvalue weighted by Crippen LogP contribution is -2.43. The maximum atomic E-state index is 11.7. The zero-order valence-corrected chi connectivity index (χ0v) is 9.26. The van der Waals surface area contributed by atoms with Crippen molar-refractivity contribution in [1.29, 1.82) is 0 Å². The van der Waals surface area contributed by atoms with Crippen molar-refractivity contribution in [3.05, 3.63) is 0 Å². The summed E-state index contributed by atoms with van der Waals surface area (Å²) >= 11 is 0. The number of rotatable bonds is 2. The second-order valence-corrected chi connectivity index (χ2v) is 5.32. The van der Waals surface area contributed by atoms with Gasteiger partial charge in [-0.2, -0.15) is 0 Å². The molecule has 76 valence electrons. The predicted octanol–water partition coefficient (Wildman–Crippen LogP) is 2.29. The summed E-state index contributed by atoms with van der Waals surface area (Å²) < 4.78 is 0. The summed E-state index contributed by atoms with van der Waals surface area (Å²) in [6, 6.07) is 0. The SMILES string of the molecule is CC(C)CN1CCC(C)(C)CC1=O. The molecule has 1 amide bonds. The lowest BCUT2D eigenvalue weighted by Gasteiger charge is -2.37. The minimum atomic E-state index is 0.227. The molecule has 1 heterocycles. The van der Waals surface area contributed by atoms with Gasteiger partial charge in [-0.25, -0.2) is 0 Å². The van der Waals surface area contributed by atoms with Gasteiger partial charge in [0.25, 0.3) is 0 Å². The van der Waals surface area contributed by atoms with E-state index in [2.05, 4.69) is 27.7 Å². The van der Waals surface area contributed by atoms with E-state index < -0.39 is 0 Å². The Morgan fingerprint density at radius 3 is 2.54 bits per heavy atom. The first-order valence-corrected chi connectivity index (χ1v) is 5.18. The fourth-order valence-corrected chi connectivity index (χ4v) is 1.81. The average Bonchev–Trinajstić information content (AvgIpc) is 1.93. The van der Waals surface area contributed by atoms with Crippen LogP contribution in [-0.2, 0) is 4.79 Å². The summed E-state index contributed by atoms with van der Waals surface area (Å²) in [6.45, 7) is 10.5. The first kappa shape index (κ1) is 10.6. The molecule has 1 aliphatic rings. The molecular weight excluding hydrogens is 162 g/mol. The van der Waals surface area contributed by atoms with E-state index in [0.717, 1.165) is 25.9 Å². The third kappa shape index (κ3) is 3.02. The van der Waals surface area contributed by atoms with Crippen LogP contribution in [0, 0.1) is 11.3 Å². The van der Waals surface area contributed by atoms with Crippen molar-refractivity contribution >= 4 is 5.91 Å². The van der Waals surface area contributed by atoms with Gasteiger partial charge in [0.1, 0.15) is 0 Å². The van der Waals surface area contributed by atoms with Gasteiger partial charge in [-0.1, -0.05) is 27.7 Å². The number of piperidine rings is 1. The average molecular weight is 183 g/mol. The first-order chi connectivity index (χ1) is 5.91. The fraction of sp³-hybridized carbons (Fsp3) is 0.909. The molecule has 13 heavy (non-hydrogen) atoms. The van der Waals surface area contributed by atoms with Gasteiger partial charge in [0.15, 0.2) is 0 Å². The van der Waals surface area contributed by atoms with Crippen molar-refractivity contribution in [3.8, 4) is 0 Å². The molecule has 0 spiro atoms. The van der Waals surface area contributed by atoms with E-state index in [9.17, 15) is 4.79 Å². The Morgan fingerprint density at radius 2 is 2.08 bits per heavy atom. The molecule has 0 saturated carbocycles. The Bertz CT molecular complexity index is 196. The second-order valence-electron chi connectivity index (χ2n) is 5.32. The normalized spacial score (nSPS) is 22.5. The Balaban J connectivity index is 2.49. The Morgan fingerprint density at radius 1 is 1.46 bits per heavy atom. The summed E-state index contributed by atoms with van der Waals surface area (Å²) in [5.41, 5.74) is 0.227. The molecule has 0 aromatic heterocycles. The molecule has 0 radical (unpaired) electrons. The van der Waals surface area contributed by atoms with Gasteiger partial charge in [-0.05, 0) is 17.8 Å². The van der Waals surface area contributed by atoms with Gasteiger partial charge < -0.3 is 4.90 Å². The van der Waals surface area contributed by atoms with Crippen LogP contribution in [0.4, 0.5) is 0 Å². The number of hydrogen-bond acceptors (Lipinski definition) is 1. The highest BCUT2D eigenvalue weighted by molar-refractivity contribution is 5.77. The topological polar surface area (TPSA) is 20.3 Å². The predicted molar refractivity (Wildman–Crippen MR) is 54.4 cm³/mol. The van der Waals surface area contributed by atoms with Gasteiger partial charge in [-0.3, -0.25) is 4.79 Å². The number of carbonyl (C=O) groups is 1. The van der Waals surface area contributed by atoms with Gasteiger partial charge in [0.2, 0.25) is 5.91 Å². The summed E-state index contributed by atoms with van der Waals surface area (Å²) in [5, 5.41) is 0. The molecule has 0 bridgehead atoms. The van der Waals surface area contributed by atoms with Crippen molar-refractivity contribution in [2.45, 2.75) is 40.5 Å². The highest BCUT2D eigenvalue weighted by Crippen LogP contribution is 2.30. The maximum absolute atomic E-state index is 11.7.